The van der Waals surface area contributed by atoms with Crippen molar-refractivity contribution in [2.75, 3.05) is 0 Å². The molecule has 0 bridgehead atoms. The third kappa shape index (κ3) is 7.82. The van der Waals surface area contributed by atoms with E-state index in [2.05, 4.69) is 69.0 Å². The molecule has 6 heteroatoms. The van der Waals surface area contributed by atoms with Crippen molar-refractivity contribution in [1.29, 1.82) is 0 Å². The van der Waals surface area contributed by atoms with Gasteiger partial charge in [0.05, 0.1) is 0 Å². The Bertz CT molecular complexity index is 4260. The Balaban J connectivity index is 0.00000609. The maximum atomic E-state index is 9.78. The largest absolute Gasteiger partial charge is 3.00 e. The van der Waals surface area contributed by atoms with Crippen LogP contribution < -0.4 is 0 Å². The standard InChI is InChI=1S/C64H42N5.Ir/c1-4-14-46(15-5-1)49-30-31-54-56(37-49)64-68-41-60-53-22-12-13-23-55(53)62-63(69(60)64)61(54)57(40-67-62)52-21-11-10-20-51(52)50-35-44(26-24-42-28-32-58(65-38-42)47-16-6-2-7-17-47)34-45(36-50)27-25-43-29-33-59(66-39-43)48-18-8-3-9-19-48;/h1-16,18,20-22,28-41H,24-27H2;/q-3;+3/i24D2,25D2,26D2,27D2;. The van der Waals surface area contributed by atoms with E-state index in [1.54, 1.807) is 36.4 Å². The Morgan fingerprint density at radius 2 is 1.07 bits per heavy atom. The summed E-state index contributed by atoms with van der Waals surface area (Å²) in [4.78, 5) is 19.3. The molecule has 7 aromatic carbocycles. The first kappa shape index (κ1) is 35.0. The number of hydrogen-bond donors (Lipinski definition) is 0. The Labute approximate surface area is 431 Å². The first-order chi connectivity index (χ1) is 37.2. The average Bonchev–Trinajstić information content (AvgIpc) is 4.03. The van der Waals surface area contributed by atoms with Gasteiger partial charge in [-0.1, -0.05) is 115 Å². The van der Waals surface area contributed by atoms with Crippen LogP contribution >= 0.6 is 0 Å². The second-order valence-electron chi connectivity index (χ2n) is 16.9. The van der Waals surface area contributed by atoms with Gasteiger partial charge in [-0.05, 0) is 98.4 Å². The Kier molecular flexibility index (Phi) is 9.21. The first-order valence-corrected chi connectivity index (χ1v) is 22.7. The molecule has 0 radical (unpaired) electrons. The molecule has 5 nitrogen and oxygen atoms in total. The van der Waals surface area contributed by atoms with Crippen LogP contribution in [-0.4, -0.2) is 24.3 Å². The Morgan fingerprint density at radius 1 is 0.429 bits per heavy atom. The summed E-state index contributed by atoms with van der Waals surface area (Å²) >= 11 is 0. The monoisotopic (exact) mass is 1080 g/mol. The number of benzene rings is 7. The molecule has 70 heavy (non-hydrogen) atoms. The smallest absolute Gasteiger partial charge is 0.307 e. The minimum absolute atomic E-state index is 0. The average molecular weight is 1080 g/mol. The SMILES string of the molecule is [2H]C([2H])(c1ccc(-c2[c-]cccc2)nc1)C([2H])([2H])c1cc(-c2ccccc2-c2cnc3c4[c-]cccc4c4cnc5c6cc(-c7ccccc7)ccc6c2c3n45)cc(C([2H])([2H])C([2H])([2H])c2ccc(-c3[c-]cccc3)nc2)c1.[Ir+3]. The van der Waals surface area contributed by atoms with Crippen LogP contribution in [0.4, 0.5) is 0 Å². The predicted molar refractivity (Wildman–Crippen MR) is 281 cm³/mol. The van der Waals surface area contributed by atoms with Crippen molar-refractivity contribution < 1.29 is 31.1 Å². The van der Waals surface area contributed by atoms with Gasteiger partial charge in [0, 0.05) is 68.6 Å². The molecule has 13 aromatic rings. The van der Waals surface area contributed by atoms with E-state index in [1.165, 1.54) is 30.6 Å². The molecule has 0 saturated heterocycles. The molecular formula is C64H42IrN5. The maximum absolute atomic E-state index is 9.78. The number of hydrogen-bond acceptors (Lipinski definition) is 4. The van der Waals surface area contributed by atoms with Gasteiger partial charge in [0.25, 0.3) is 0 Å². The molecule has 0 fully saturated rings. The number of pyridine rings is 5. The van der Waals surface area contributed by atoms with Gasteiger partial charge in [-0.2, -0.15) is 0 Å². The summed E-state index contributed by atoms with van der Waals surface area (Å²) in [5, 5.41) is 4.48. The zero-order chi connectivity index (χ0) is 52.8. The van der Waals surface area contributed by atoms with E-state index in [1.807, 2.05) is 103 Å². The van der Waals surface area contributed by atoms with E-state index >= 15 is 0 Å². The van der Waals surface area contributed by atoms with Crippen LogP contribution in [0.2, 0.25) is 0 Å². The number of aromatic nitrogens is 5. The van der Waals surface area contributed by atoms with E-state index in [-0.39, 0.29) is 42.4 Å². The van der Waals surface area contributed by atoms with Gasteiger partial charge in [0.1, 0.15) is 5.65 Å². The summed E-state index contributed by atoms with van der Waals surface area (Å²) in [5.41, 5.74) is 9.51. The zero-order valence-electron chi connectivity index (χ0n) is 45.2. The summed E-state index contributed by atoms with van der Waals surface area (Å²) in [7, 11) is 0. The Morgan fingerprint density at radius 3 is 1.73 bits per heavy atom. The number of fused-ring (bicyclic) bond motifs is 6. The summed E-state index contributed by atoms with van der Waals surface area (Å²) in [6, 6.07) is 64.9. The molecule has 6 heterocycles. The topological polar surface area (TPSA) is 56.0 Å². The number of rotatable bonds is 11. The fourth-order valence-corrected chi connectivity index (χ4v) is 9.49. The molecule has 332 valence electrons. The van der Waals surface area contributed by atoms with E-state index in [0.717, 1.165) is 65.8 Å². The fourth-order valence-electron chi connectivity index (χ4n) is 9.49. The normalized spacial score (nSPS) is 14.1. The summed E-state index contributed by atoms with van der Waals surface area (Å²) in [6.45, 7) is 0. The molecular weight excluding hydrogens is 1030 g/mol. The minimum atomic E-state index is -2.85. The summed E-state index contributed by atoms with van der Waals surface area (Å²) < 4.78 is 79.5. The van der Waals surface area contributed by atoms with Gasteiger partial charge in [-0.3, -0.25) is 0 Å². The zero-order valence-corrected chi connectivity index (χ0v) is 39.6. The molecule has 0 atom stereocenters. The minimum Gasteiger partial charge on any atom is -0.307 e. The van der Waals surface area contributed by atoms with Crippen LogP contribution in [0.1, 0.15) is 33.2 Å². The molecule has 0 aliphatic heterocycles. The van der Waals surface area contributed by atoms with Gasteiger partial charge in [0.2, 0.25) is 0 Å². The van der Waals surface area contributed by atoms with E-state index in [0.29, 0.717) is 39.2 Å². The molecule has 13 rings (SSSR count). The van der Waals surface area contributed by atoms with E-state index in [9.17, 15) is 11.0 Å². The number of aryl methyl sites for hydroxylation is 4. The van der Waals surface area contributed by atoms with Gasteiger partial charge < -0.3 is 19.4 Å². The van der Waals surface area contributed by atoms with Crippen LogP contribution in [-0.2, 0) is 45.6 Å². The molecule has 6 aromatic heterocycles. The van der Waals surface area contributed by atoms with E-state index < -0.39 is 25.5 Å². The van der Waals surface area contributed by atoms with Crippen LogP contribution in [0.15, 0.2) is 207 Å². The van der Waals surface area contributed by atoms with Crippen molar-refractivity contribution in [2.45, 2.75) is 25.5 Å². The molecule has 0 unspecified atom stereocenters. The molecule has 0 aliphatic rings. The van der Waals surface area contributed by atoms with E-state index in [4.69, 9.17) is 9.97 Å². The van der Waals surface area contributed by atoms with Crippen LogP contribution in [0, 0.1) is 18.2 Å². The third-order valence-corrected chi connectivity index (χ3v) is 12.7. The summed E-state index contributed by atoms with van der Waals surface area (Å²) in [6.07, 6.45) is -4.80. The fraction of sp³-hybridized carbons (Fsp3) is 0.0625. The number of imidazole rings is 1. The second-order valence-corrected chi connectivity index (χ2v) is 16.9. The number of nitrogens with zero attached hydrogens (tertiary/aromatic N) is 5. The summed E-state index contributed by atoms with van der Waals surface area (Å²) in [5.74, 6) is 0. The maximum Gasteiger partial charge on any atom is 3.00 e. The molecule has 0 N–H and O–H groups in total. The van der Waals surface area contributed by atoms with Crippen LogP contribution in [0.3, 0.4) is 0 Å². The molecule has 0 amide bonds. The van der Waals surface area contributed by atoms with Gasteiger partial charge in [-0.15, -0.1) is 101 Å². The van der Waals surface area contributed by atoms with Gasteiger partial charge in [0.15, 0.2) is 0 Å². The third-order valence-electron chi connectivity index (χ3n) is 12.7. The van der Waals surface area contributed by atoms with Crippen molar-refractivity contribution in [1.82, 2.24) is 24.3 Å². The Hall–Kier alpha value is -8.15. The van der Waals surface area contributed by atoms with Crippen molar-refractivity contribution >= 4 is 49.1 Å². The van der Waals surface area contributed by atoms with Crippen LogP contribution in [0.25, 0.3) is 105 Å². The molecule has 0 spiro atoms. The van der Waals surface area contributed by atoms with Crippen molar-refractivity contribution in [3.05, 3.63) is 247 Å². The van der Waals surface area contributed by atoms with Crippen LogP contribution in [0.5, 0.6) is 0 Å². The second kappa shape index (κ2) is 18.4. The molecule has 0 aliphatic carbocycles. The van der Waals surface area contributed by atoms with Gasteiger partial charge in [-0.25, -0.2) is 4.98 Å². The first-order valence-electron chi connectivity index (χ1n) is 26.7. The predicted octanol–water partition coefficient (Wildman–Crippen LogP) is 14.9. The van der Waals surface area contributed by atoms with Crippen molar-refractivity contribution in [2.24, 2.45) is 0 Å². The molecule has 0 saturated carbocycles. The van der Waals surface area contributed by atoms with Gasteiger partial charge >= 0.3 is 20.1 Å². The van der Waals surface area contributed by atoms with Crippen molar-refractivity contribution in [3.8, 4) is 55.9 Å². The quantitative estimate of drug-likeness (QED) is 0.0736. The van der Waals surface area contributed by atoms with Crippen molar-refractivity contribution in [3.63, 3.8) is 0 Å².